The van der Waals surface area contributed by atoms with E-state index in [0.717, 1.165) is 51.6 Å². The van der Waals surface area contributed by atoms with Gasteiger partial charge in [0.15, 0.2) is 24.8 Å². The molecule has 0 atom stereocenters. The molecule has 0 fully saturated rings. The van der Waals surface area contributed by atoms with E-state index in [9.17, 15) is 0 Å². The molecule has 0 saturated heterocycles. The molecule has 0 aliphatic rings. The van der Waals surface area contributed by atoms with Gasteiger partial charge in [-0.15, -0.1) is 0 Å². The Bertz CT molecular complexity index is 878. The first kappa shape index (κ1) is 26.1. The molecule has 2 N–H and O–H groups in total. The van der Waals surface area contributed by atoms with Gasteiger partial charge in [-0.2, -0.15) is 0 Å². The summed E-state index contributed by atoms with van der Waals surface area (Å²) in [6.07, 6.45) is 19.3. The minimum atomic E-state index is 0.258. The van der Waals surface area contributed by atoms with Gasteiger partial charge in [-0.1, -0.05) is 24.3 Å². The summed E-state index contributed by atoms with van der Waals surface area (Å²) in [5.74, 6) is 0. The summed E-state index contributed by atoms with van der Waals surface area (Å²) in [6, 6.07) is 17.7. The Hall–Kier alpha value is -2.56. The molecule has 0 amide bonds. The third-order valence-corrected chi connectivity index (χ3v) is 6.37. The molecule has 0 bridgehead atoms. The van der Waals surface area contributed by atoms with Crippen molar-refractivity contribution in [3.63, 3.8) is 0 Å². The van der Waals surface area contributed by atoms with Crippen LogP contribution in [0.3, 0.4) is 0 Å². The van der Waals surface area contributed by atoms with E-state index in [1.165, 1.54) is 47.9 Å². The van der Waals surface area contributed by atoms with Crippen molar-refractivity contribution in [3.05, 3.63) is 95.6 Å². The predicted molar refractivity (Wildman–Crippen MR) is 136 cm³/mol. The van der Waals surface area contributed by atoms with Gasteiger partial charge in [0.25, 0.3) is 0 Å². The molecule has 0 saturated carbocycles. The fraction of sp³-hybridized carbons (Fsp3) is 0.467. The van der Waals surface area contributed by atoms with Crippen LogP contribution in [0.1, 0.15) is 60.8 Å². The molecule has 182 valence electrons. The van der Waals surface area contributed by atoms with Crippen LogP contribution in [0.25, 0.3) is 0 Å². The molecule has 0 unspecified atom stereocenters. The molecule has 2 heterocycles. The van der Waals surface area contributed by atoms with Gasteiger partial charge in [0.1, 0.15) is 13.1 Å². The Kier molecular flexibility index (Phi) is 11.8. The molecule has 1 aromatic carbocycles. The first-order chi connectivity index (χ1) is 16.8. The maximum absolute atomic E-state index is 9.01. The third kappa shape index (κ3) is 9.74. The van der Waals surface area contributed by atoms with Crippen molar-refractivity contribution < 1.29 is 19.3 Å². The normalized spacial score (nSPS) is 11.1. The molecular weight excluding hydrogens is 420 g/mol. The van der Waals surface area contributed by atoms with E-state index < -0.39 is 0 Å². The summed E-state index contributed by atoms with van der Waals surface area (Å²) >= 11 is 0. The van der Waals surface area contributed by atoms with Crippen LogP contribution < -0.4 is 9.13 Å². The molecule has 2 aromatic heterocycles. The van der Waals surface area contributed by atoms with E-state index >= 15 is 0 Å². The lowest BCUT2D eigenvalue weighted by molar-refractivity contribution is -0.697. The van der Waals surface area contributed by atoms with Crippen molar-refractivity contribution >= 4 is 0 Å². The highest BCUT2D eigenvalue weighted by molar-refractivity contribution is 5.22. The lowest BCUT2D eigenvalue weighted by atomic mass is 10.0. The Morgan fingerprint density at radius 1 is 0.471 bits per heavy atom. The Labute approximate surface area is 205 Å². The number of unbranched alkanes of at least 4 members (excludes halogenated alkanes) is 2. The van der Waals surface area contributed by atoms with Crippen LogP contribution >= 0.6 is 0 Å². The fourth-order valence-electron chi connectivity index (χ4n) is 4.41. The summed E-state index contributed by atoms with van der Waals surface area (Å²) in [5.41, 5.74) is 5.47. The average molecular weight is 463 g/mol. The van der Waals surface area contributed by atoms with Crippen LogP contribution in [-0.4, -0.2) is 23.4 Å². The number of nitrogens with zero attached hydrogens (tertiary/aromatic N) is 2. The number of aryl methyl sites for hydroxylation is 6. The van der Waals surface area contributed by atoms with Crippen LogP contribution in [0.15, 0.2) is 73.3 Å². The fourth-order valence-corrected chi connectivity index (χ4v) is 4.41. The Morgan fingerprint density at radius 2 is 0.882 bits per heavy atom. The lowest BCUT2D eigenvalue weighted by Gasteiger charge is -2.05. The minimum Gasteiger partial charge on any atom is -0.396 e. The van der Waals surface area contributed by atoms with Crippen molar-refractivity contribution in [1.82, 2.24) is 0 Å². The molecule has 3 aromatic rings. The third-order valence-electron chi connectivity index (χ3n) is 6.37. The highest BCUT2D eigenvalue weighted by Gasteiger charge is 2.05. The van der Waals surface area contributed by atoms with Crippen molar-refractivity contribution in [2.24, 2.45) is 0 Å². The van der Waals surface area contributed by atoms with Crippen molar-refractivity contribution in [1.29, 1.82) is 0 Å². The minimum absolute atomic E-state index is 0.258. The largest absolute Gasteiger partial charge is 0.396 e. The number of hydrogen-bond donors (Lipinski definition) is 2. The van der Waals surface area contributed by atoms with Crippen LogP contribution in [0.5, 0.6) is 0 Å². The van der Waals surface area contributed by atoms with Crippen LogP contribution in [0, 0.1) is 0 Å². The topological polar surface area (TPSA) is 48.2 Å². The smallest absolute Gasteiger partial charge is 0.171 e. The second-order valence-electron chi connectivity index (χ2n) is 9.29. The first-order valence-electron chi connectivity index (χ1n) is 13.0. The number of hydrogen-bond acceptors (Lipinski definition) is 2. The standard InChI is InChI=1S/C30H42N2O2/c33-23-7-13-29-11-5-21-31(25-29)19-3-1-9-27-15-17-28(18-16-27)10-2-4-20-32-22-6-12-30(26-32)14-8-24-34/h5-6,11-12,15-18,21-22,25-26,33-34H,1-4,7-10,13-14,19-20,23-24H2/q+2. The number of benzene rings is 1. The molecule has 0 aliphatic carbocycles. The zero-order valence-corrected chi connectivity index (χ0v) is 20.6. The SMILES string of the molecule is OCCCc1ccc[n+](CCCCc2ccc(CCCC[n+]3cccc(CCCO)c3)cc2)c1. The predicted octanol–water partition coefficient (Wildman–Crippen LogP) is 4.16. The van der Waals surface area contributed by atoms with Gasteiger partial charge in [-0.3, -0.25) is 0 Å². The average Bonchev–Trinajstić information content (AvgIpc) is 2.88. The van der Waals surface area contributed by atoms with Gasteiger partial charge in [-0.05, 0) is 74.6 Å². The molecule has 0 aliphatic heterocycles. The van der Waals surface area contributed by atoms with Crippen LogP contribution in [0.4, 0.5) is 0 Å². The maximum Gasteiger partial charge on any atom is 0.171 e. The van der Waals surface area contributed by atoms with Crippen molar-refractivity contribution in [2.45, 2.75) is 77.3 Å². The zero-order chi connectivity index (χ0) is 23.8. The van der Waals surface area contributed by atoms with E-state index in [2.05, 4.69) is 82.5 Å². The molecule has 4 nitrogen and oxygen atoms in total. The van der Waals surface area contributed by atoms with Crippen LogP contribution in [-0.2, 0) is 38.8 Å². The van der Waals surface area contributed by atoms with Gasteiger partial charge < -0.3 is 10.2 Å². The van der Waals surface area contributed by atoms with Crippen LogP contribution in [0.2, 0.25) is 0 Å². The van der Waals surface area contributed by atoms with Gasteiger partial charge in [0.05, 0.1) is 0 Å². The molecule has 0 radical (unpaired) electrons. The number of aliphatic hydroxyl groups excluding tert-OH is 2. The van der Waals surface area contributed by atoms with E-state index in [4.69, 9.17) is 10.2 Å². The number of aliphatic hydroxyl groups is 2. The summed E-state index contributed by atoms with van der Waals surface area (Å²) in [4.78, 5) is 0. The molecule has 3 rings (SSSR count). The van der Waals surface area contributed by atoms with E-state index in [-0.39, 0.29) is 13.2 Å². The highest BCUT2D eigenvalue weighted by Crippen LogP contribution is 2.11. The zero-order valence-electron chi connectivity index (χ0n) is 20.6. The molecule has 34 heavy (non-hydrogen) atoms. The maximum atomic E-state index is 9.01. The van der Waals surface area contributed by atoms with Gasteiger partial charge in [0.2, 0.25) is 0 Å². The van der Waals surface area contributed by atoms with Crippen molar-refractivity contribution in [2.75, 3.05) is 13.2 Å². The second kappa shape index (κ2) is 15.4. The van der Waals surface area contributed by atoms with Crippen molar-refractivity contribution in [3.8, 4) is 0 Å². The monoisotopic (exact) mass is 462 g/mol. The Morgan fingerprint density at radius 3 is 1.29 bits per heavy atom. The van der Waals surface area contributed by atoms with Gasteiger partial charge >= 0.3 is 0 Å². The Balaban J connectivity index is 1.31. The van der Waals surface area contributed by atoms with Gasteiger partial charge in [-0.25, -0.2) is 9.13 Å². The first-order valence-corrected chi connectivity index (χ1v) is 13.0. The molecule has 4 heteroatoms. The quantitative estimate of drug-likeness (QED) is 0.248. The molecule has 0 spiro atoms. The van der Waals surface area contributed by atoms with E-state index in [0.29, 0.717) is 0 Å². The summed E-state index contributed by atoms with van der Waals surface area (Å²) < 4.78 is 4.55. The lowest BCUT2D eigenvalue weighted by Crippen LogP contribution is -2.33. The highest BCUT2D eigenvalue weighted by atomic mass is 16.3. The number of pyridine rings is 2. The summed E-state index contributed by atoms with van der Waals surface area (Å²) in [5, 5.41) is 18.0. The van der Waals surface area contributed by atoms with E-state index in [1.54, 1.807) is 0 Å². The molecular formula is C30H42N2O2+2. The summed E-state index contributed by atoms with van der Waals surface area (Å²) in [7, 11) is 0. The van der Waals surface area contributed by atoms with Gasteiger partial charge in [0, 0.05) is 49.3 Å². The van der Waals surface area contributed by atoms with E-state index in [1.807, 2.05) is 0 Å². The number of rotatable bonds is 16. The second-order valence-corrected chi connectivity index (χ2v) is 9.29. The number of aromatic nitrogens is 2. The summed E-state index contributed by atoms with van der Waals surface area (Å²) in [6.45, 7) is 2.61.